The maximum Gasteiger partial charge on any atom is 0.178 e. The van der Waals surface area contributed by atoms with Crippen molar-refractivity contribution in [3.05, 3.63) is 59.9 Å². The van der Waals surface area contributed by atoms with Crippen molar-refractivity contribution in [3.8, 4) is 0 Å². The minimum absolute atomic E-state index is 0.0140. The number of benzene rings is 1. The Kier molecular flexibility index (Phi) is 3.50. The monoisotopic (exact) mass is 266 g/mol. The van der Waals surface area contributed by atoms with Gasteiger partial charge in [0.25, 0.3) is 0 Å². The van der Waals surface area contributed by atoms with Gasteiger partial charge in [0.15, 0.2) is 5.78 Å². The molecule has 0 radical (unpaired) electrons. The Morgan fingerprint density at radius 3 is 2.65 bits per heavy atom. The number of hydrogen-bond acceptors (Lipinski definition) is 3. The molecule has 1 atom stereocenters. The SMILES string of the molecule is CC(=O)c1ccc(N2CCC(c3ccccc3)C2)cn1. The molecule has 0 spiro atoms. The van der Waals surface area contributed by atoms with E-state index in [9.17, 15) is 4.79 Å². The second-order valence-electron chi connectivity index (χ2n) is 5.30. The predicted molar refractivity (Wildman–Crippen MR) is 80.3 cm³/mol. The average molecular weight is 266 g/mol. The summed E-state index contributed by atoms with van der Waals surface area (Å²) in [7, 11) is 0. The summed E-state index contributed by atoms with van der Waals surface area (Å²) in [6, 6.07) is 14.5. The van der Waals surface area contributed by atoms with E-state index >= 15 is 0 Å². The summed E-state index contributed by atoms with van der Waals surface area (Å²) in [6.45, 7) is 3.61. The molecule has 3 rings (SSSR count). The number of Topliss-reactive ketones (excluding diaryl/α,β-unsaturated/α-hetero) is 1. The van der Waals surface area contributed by atoms with Crippen LogP contribution in [0, 0.1) is 0 Å². The van der Waals surface area contributed by atoms with Crippen LogP contribution in [-0.2, 0) is 0 Å². The molecule has 0 saturated carbocycles. The van der Waals surface area contributed by atoms with Crippen molar-refractivity contribution in [2.24, 2.45) is 0 Å². The second-order valence-corrected chi connectivity index (χ2v) is 5.30. The molecule has 20 heavy (non-hydrogen) atoms. The van der Waals surface area contributed by atoms with E-state index in [-0.39, 0.29) is 5.78 Å². The minimum Gasteiger partial charge on any atom is -0.370 e. The van der Waals surface area contributed by atoms with Gasteiger partial charge in [-0.2, -0.15) is 0 Å². The fraction of sp³-hybridized carbons (Fsp3) is 0.294. The molecular weight excluding hydrogens is 248 g/mol. The highest BCUT2D eigenvalue weighted by molar-refractivity contribution is 5.92. The molecule has 1 unspecified atom stereocenters. The Morgan fingerprint density at radius 2 is 2.00 bits per heavy atom. The normalized spacial score (nSPS) is 18.2. The van der Waals surface area contributed by atoms with Crippen molar-refractivity contribution in [3.63, 3.8) is 0 Å². The molecule has 0 bridgehead atoms. The van der Waals surface area contributed by atoms with Crippen LogP contribution in [0.15, 0.2) is 48.7 Å². The van der Waals surface area contributed by atoms with E-state index in [4.69, 9.17) is 0 Å². The molecule has 0 amide bonds. The van der Waals surface area contributed by atoms with Crippen LogP contribution < -0.4 is 4.90 Å². The van der Waals surface area contributed by atoms with E-state index in [1.165, 1.54) is 12.0 Å². The molecule has 1 aromatic carbocycles. The lowest BCUT2D eigenvalue weighted by Crippen LogP contribution is -2.19. The number of nitrogens with zero attached hydrogens (tertiary/aromatic N) is 2. The Balaban J connectivity index is 1.72. The van der Waals surface area contributed by atoms with Crippen molar-refractivity contribution in [1.82, 2.24) is 4.98 Å². The van der Waals surface area contributed by atoms with E-state index in [2.05, 4.69) is 40.2 Å². The fourth-order valence-corrected chi connectivity index (χ4v) is 2.77. The molecule has 0 aliphatic carbocycles. The van der Waals surface area contributed by atoms with E-state index in [1.54, 1.807) is 6.92 Å². The van der Waals surface area contributed by atoms with Gasteiger partial charge in [-0.1, -0.05) is 30.3 Å². The Bertz CT molecular complexity index is 592. The summed E-state index contributed by atoms with van der Waals surface area (Å²) in [5.41, 5.74) is 3.05. The van der Waals surface area contributed by atoms with Gasteiger partial charge in [0.2, 0.25) is 0 Å². The third kappa shape index (κ3) is 2.57. The Hall–Kier alpha value is -2.16. The summed E-state index contributed by atoms with van der Waals surface area (Å²) < 4.78 is 0. The summed E-state index contributed by atoms with van der Waals surface area (Å²) in [4.78, 5) is 17.8. The summed E-state index contributed by atoms with van der Waals surface area (Å²) in [6.07, 6.45) is 2.97. The molecule has 102 valence electrons. The molecule has 2 aromatic rings. The molecule has 1 saturated heterocycles. The van der Waals surface area contributed by atoms with Crippen molar-refractivity contribution >= 4 is 11.5 Å². The lowest BCUT2D eigenvalue weighted by atomic mass is 9.99. The minimum atomic E-state index is 0.0140. The quantitative estimate of drug-likeness (QED) is 0.799. The van der Waals surface area contributed by atoms with Crippen molar-refractivity contribution in [2.75, 3.05) is 18.0 Å². The van der Waals surface area contributed by atoms with Gasteiger partial charge in [-0.05, 0) is 24.1 Å². The highest BCUT2D eigenvalue weighted by Crippen LogP contribution is 2.30. The number of rotatable bonds is 3. The van der Waals surface area contributed by atoms with Crippen LogP contribution in [0.4, 0.5) is 5.69 Å². The lowest BCUT2D eigenvalue weighted by molar-refractivity contribution is 0.101. The maximum absolute atomic E-state index is 11.2. The highest BCUT2D eigenvalue weighted by Gasteiger charge is 2.24. The lowest BCUT2D eigenvalue weighted by Gasteiger charge is -2.18. The number of carbonyl (C=O) groups is 1. The Morgan fingerprint density at radius 1 is 1.20 bits per heavy atom. The first kappa shape index (κ1) is 12.9. The zero-order valence-electron chi connectivity index (χ0n) is 11.6. The van der Waals surface area contributed by atoms with Crippen LogP contribution in [-0.4, -0.2) is 23.9 Å². The number of pyridine rings is 1. The van der Waals surface area contributed by atoms with E-state index < -0.39 is 0 Å². The Labute approximate surface area is 119 Å². The van der Waals surface area contributed by atoms with Gasteiger partial charge in [-0.15, -0.1) is 0 Å². The molecule has 1 aromatic heterocycles. The van der Waals surface area contributed by atoms with Crippen LogP contribution in [0.1, 0.15) is 35.3 Å². The first-order valence-electron chi connectivity index (χ1n) is 7.01. The molecule has 0 N–H and O–H groups in total. The third-order valence-electron chi connectivity index (χ3n) is 3.93. The van der Waals surface area contributed by atoms with Gasteiger partial charge in [0, 0.05) is 25.9 Å². The molecule has 2 heterocycles. The third-order valence-corrected chi connectivity index (χ3v) is 3.93. The predicted octanol–water partition coefficient (Wildman–Crippen LogP) is 3.28. The maximum atomic E-state index is 11.2. The number of aromatic nitrogens is 1. The molecular formula is C17H18N2O. The summed E-state index contributed by atoms with van der Waals surface area (Å²) in [5, 5.41) is 0. The summed E-state index contributed by atoms with van der Waals surface area (Å²) >= 11 is 0. The smallest absolute Gasteiger partial charge is 0.178 e. The van der Waals surface area contributed by atoms with Crippen LogP contribution >= 0.6 is 0 Å². The van der Waals surface area contributed by atoms with Crippen LogP contribution in [0.5, 0.6) is 0 Å². The van der Waals surface area contributed by atoms with Gasteiger partial charge in [0.05, 0.1) is 11.9 Å². The molecule has 3 nitrogen and oxygen atoms in total. The molecule has 1 fully saturated rings. The van der Waals surface area contributed by atoms with Crippen molar-refractivity contribution in [1.29, 1.82) is 0 Å². The standard InChI is InChI=1S/C17H18N2O/c1-13(20)17-8-7-16(11-18-17)19-10-9-15(12-19)14-5-3-2-4-6-14/h2-8,11,15H,9-10,12H2,1H3. The molecule has 3 heteroatoms. The number of carbonyl (C=O) groups excluding carboxylic acids is 1. The number of anilines is 1. The highest BCUT2D eigenvalue weighted by atomic mass is 16.1. The topological polar surface area (TPSA) is 33.2 Å². The first-order chi connectivity index (χ1) is 9.74. The number of ketones is 1. The average Bonchev–Trinajstić information content (AvgIpc) is 2.98. The van der Waals surface area contributed by atoms with Gasteiger partial charge in [-0.25, -0.2) is 0 Å². The van der Waals surface area contributed by atoms with Crippen molar-refractivity contribution in [2.45, 2.75) is 19.3 Å². The summed E-state index contributed by atoms with van der Waals surface area (Å²) in [5.74, 6) is 0.601. The van der Waals surface area contributed by atoms with E-state index in [0.29, 0.717) is 11.6 Å². The number of hydrogen-bond donors (Lipinski definition) is 0. The van der Waals surface area contributed by atoms with Gasteiger partial charge >= 0.3 is 0 Å². The molecule has 1 aliphatic heterocycles. The second kappa shape index (κ2) is 5.45. The van der Waals surface area contributed by atoms with E-state index in [1.807, 2.05) is 18.3 Å². The first-order valence-corrected chi connectivity index (χ1v) is 7.01. The van der Waals surface area contributed by atoms with E-state index in [0.717, 1.165) is 18.8 Å². The molecule has 1 aliphatic rings. The zero-order chi connectivity index (χ0) is 13.9. The van der Waals surface area contributed by atoms with Crippen LogP contribution in [0.3, 0.4) is 0 Å². The van der Waals surface area contributed by atoms with Gasteiger partial charge < -0.3 is 4.90 Å². The fourth-order valence-electron chi connectivity index (χ4n) is 2.77. The zero-order valence-corrected chi connectivity index (χ0v) is 11.6. The van der Waals surface area contributed by atoms with Crippen molar-refractivity contribution < 1.29 is 4.79 Å². The van der Waals surface area contributed by atoms with Crippen LogP contribution in [0.25, 0.3) is 0 Å². The largest absolute Gasteiger partial charge is 0.370 e. The van der Waals surface area contributed by atoms with Gasteiger partial charge in [-0.3, -0.25) is 9.78 Å². The van der Waals surface area contributed by atoms with Crippen LogP contribution in [0.2, 0.25) is 0 Å². The van der Waals surface area contributed by atoms with Gasteiger partial charge in [0.1, 0.15) is 5.69 Å².